The summed E-state index contributed by atoms with van der Waals surface area (Å²) in [5, 5.41) is 0. The fraction of sp³-hybridized carbons (Fsp3) is 0.727. The maximum atomic E-state index is 6.22. The van der Waals surface area contributed by atoms with E-state index >= 15 is 0 Å². The molecule has 3 aliphatic rings. The van der Waals surface area contributed by atoms with E-state index in [1.54, 1.807) is 14.2 Å². The number of benzene rings is 1. The molecule has 3 heterocycles. The van der Waals surface area contributed by atoms with Crippen molar-refractivity contribution < 1.29 is 37.9 Å². The van der Waals surface area contributed by atoms with Gasteiger partial charge in [-0.05, 0) is 32.4 Å². The third-order valence-electron chi connectivity index (χ3n) is 5.59. The molecule has 3 fully saturated rings. The largest absolute Gasteiger partial charge is 0.493 e. The summed E-state index contributed by atoms with van der Waals surface area (Å²) in [5.41, 5.74) is 0.852. The highest BCUT2D eigenvalue weighted by Gasteiger charge is 2.58. The van der Waals surface area contributed by atoms with Gasteiger partial charge in [-0.15, -0.1) is 0 Å². The number of fused-ring (bicyclic) bond motifs is 1. The van der Waals surface area contributed by atoms with E-state index in [2.05, 4.69) is 6.92 Å². The molecule has 8 nitrogen and oxygen atoms in total. The zero-order chi connectivity index (χ0) is 21.3. The summed E-state index contributed by atoms with van der Waals surface area (Å²) in [5.74, 6) is 0.591. The summed E-state index contributed by atoms with van der Waals surface area (Å²) in [6.07, 6.45) is -0.157. The second-order valence-corrected chi connectivity index (χ2v) is 8.21. The van der Waals surface area contributed by atoms with E-state index in [1.807, 2.05) is 32.0 Å². The zero-order valence-electron chi connectivity index (χ0n) is 18.3. The SMILES string of the molecule is CCCCO[C@@H]1[C@H]2OC(C)(C)O[C@H]2O[C@@H]1C1COC(c2ccc(OC)c(OC)c2)O1. The van der Waals surface area contributed by atoms with Crippen molar-refractivity contribution in [1.29, 1.82) is 0 Å². The molecule has 4 rings (SSSR count). The van der Waals surface area contributed by atoms with Crippen molar-refractivity contribution in [3.8, 4) is 11.5 Å². The lowest BCUT2D eigenvalue weighted by atomic mass is 10.1. The summed E-state index contributed by atoms with van der Waals surface area (Å²) >= 11 is 0. The molecule has 168 valence electrons. The Morgan fingerprint density at radius 1 is 1.03 bits per heavy atom. The number of unbranched alkanes of at least 4 members (excludes halogenated alkanes) is 1. The third-order valence-corrected chi connectivity index (χ3v) is 5.59. The molecule has 3 aliphatic heterocycles. The molecule has 0 aliphatic carbocycles. The fourth-order valence-corrected chi connectivity index (χ4v) is 4.12. The Balaban J connectivity index is 1.46. The third kappa shape index (κ3) is 4.30. The Labute approximate surface area is 177 Å². The molecule has 0 amide bonds. The van der Waals surface area contributed by atoms with Crippen molar-refractivity contribution in [3.63, 3.8) is 0 Å². The van der Waals surface area contributed by atoms with Gasteiger partial charge in [0, 0.05) is 12.2 Å². The minimum absolute atomic E-state index is 0.277. The van der Waals surface area contributed by atoms with E-state index in [0.717, 1.165) is 18.4 Å². The van der Waals surface area contributed by atoms with Gasteiger partial charge < -0.3 is 37.9 Å². The zero-order valence-corrected chi connectivity index (χ0v) is 18.3. The molecule has 0 radical (unpaired) electrons. The average Bonchev–Trinajstić information content (AvgIpc) is 3.41. The lowest BCUT2D eigenvalue weighted by Gasteiger charge is -2.28. The molecule has 1 aromatic rings. The molecule has 6 atom stereocenters. The molecular formula is C22H32O8. The predicted octanol–water partition coefficient (Wildman–Crippen LogP) is 3.18. The van der Waals surface area contributed by atoms with Gasteiger partial charge >= 0.3 is 0 Å². The van der Waals surface area contributed by atoms with Gasteiger partial charge in [-0.3, -0.25) is 0 Å². The molecule has 0 N–H and O–H groups in total. The van der Waals surface area contributed by atoms with Crippen LogP contribution < -0.4 is 9.47 Å². The number of rotatable bonds is 8. The number of hydrogen-bond acceptors (Lipinski definition) is 8. The van der Waals surface area contributed by atoms with Gasteiger partial charge in [-0.2, -0.15) is 0 Å². The molecule has 0 saturated carbocycles. The second-order valence-electron chi connectivity index (χ2n) is 8.21. The molecular weight excluding hydrogens is 392 g/mol. The Bertz CT molecular complexity index is 723. The van der Waals surface area contributed by atoms with Gasteiger partial charge in [0.15, 0.2) is 29.9 Å². The van der Waals surface area contributed by atoms with Crippen molar-refractivity contribution in [2.45, 2.75) is 76.4 Å². The quantitative estimate of drug-likeness (QED) is 0.589. The molecule has 0 aromatic heterocycles. The van der Waals surface area contributed by atoms with Crippen LogP contribution in [0.15, 0.2) is 18.2 Å². The molecule has 1 aromatic carbocycles. The van der Waals surface area contributed by atoms with Crippen LogP contribution in [-0.4, -0.2) is 63.9 Å². The van der Waals surface area contributed by atoms with Crippen molar-refractivity contribution >= 4 is 0 Å². The number of hydrogen-bond donors (Lipinski definition) is 0. The Morgan fingerprint density at radius 2 is 1.83 bits per heavy atom. The molecule has 0 spiro atoms. The van der Waals surface area contributed by atoms with Crippen molar-refractivity contribution in [2.24, 2.45) is 0 Å². The molecule has 0 bridgehead atoms. The molecule has 3 saturated heterocycles. The molecule has 2 unspecified atom stereocenters. The van der Waals surface area contributed by atoms with Crippen molar-refractivity contribution in [1.82, 2.24) is 0 Å². The van der Waals surface area contributed by atoms with E-state index in [-0.39, 0.29) is 24.4 Å². The molecule has 8 heteroatoms. The summed E-state index contributed by atoms with van der Waals surface area (Å²) in [7, 11) is 3.21. The second kappa shape index (κ2) is 8.98. The van der Waals surface area contributed by atoms with Gasteiger partial charge in [0.05, 0.1) is 20.8 Å². The van der Waals surface area contributed by atoms with E-state index in [4.69, 9.17) is 37.9 Å². The maximum Gasteiger partial charge on any atom is 0.190 e. The van der Waals surface area contributed by atoms with Crippen LogP contribution >= 0.6 is 0 Å². The van der Waals surface area contributed by atoms with Gasteiger partial charge in [0.25, 0.3) is 0 Å². The Morgan fingerprint density at radius 3 is 2.57 bits per heavy atom. The summed E-state index contributed by atoms with van der Waals surface area (Å²) in [6, 6.07) is 5.60. The average molecular weight is 424 g/mol. The van der Waals surface area contributed by atoms with Crippen LogP contribution in [-0.2, 0) is 28.4 Å². The smallest absolute Gasteiger partial charge is 0.190 e. The highest BCUT2D eigenvalue weighted by Crippen LogP contribution is 2.43. The topological polar surface area (TPSA) is 73.8 Å². The Kier molecular flexibility index (Phi) is 6.53. The molecule has 30 heavy (non-hydrogen) atoms. The van der Waals surface area contributed by atoms with Crippen LogP contribution in [0.25, 0.3) is 0 Å². The lowest BCUT2D eigenvalue weighted by molar-refractivity contribution is -0.231. The highest BCUT2D eigenvalue weighted by atomic mass is 16.8. The van der Waals surface area contributed by atoms with Gasteiger partial charge in [0.2, 0.25) is 0 Å². The van der Waals surface area contributed by atoms with Gasteiger partial charge in [0.1, 0.15) is 24.4 Å². The highest BCUT2D eigenvalue weighted by molar-refractivity contribution is 5.43. The summed E-state index contributed by atoms with van der Waals surface area (Å²) < 4.78 is 47.2. The predicted molar refractivity (Wildman–Crippen MR) is 106 cm³/mol. The van der Waals surface area contributed by atoms with E-state index in [0.29, 0.717) is 24.7 Å². The van der Waals surface area contributed by atoms with E-state index in [1.165, 1.54) is 0 Å². The van der Waals surface area contributed by atoms with Crippen LogP contribution in [0.4, 0.5) is 0 Å². The van der Waals surface area contributed by atoms with Gasteiger partial charge in [-0.25, -0.2) is 0 Å². The van der Waals surface area contributed by atoms with Crippen molar-refractivity contribution in [2.75, 3.05) is 27.4 Å². The van der Waals surface area contributed by atoms with Crippen LogP contribution in [0, 0.1) is 0 Å². The van der Waals surface area contributed by atoms with E-state index in [9.17, 15) is 0 Å². The van der Waals surface area contributed by atoms with Crippen LogP contribution in [0.2, 0.25) is 0 Å². The summed E-state index contributed by atoms with van der Waals surface area (Å²) in [6.45, 7) is 6.93. The first-order chi connectivity index (χ1) is 14.5. The Hall–Kier alpha value is -1.42. The number of ether oxygens (including phenoxy) is 8. The first kappa shape index (κ1) is 21.8. The van der Waals surface area contributed by atoms with Crippen LogP contribution in [0.5, 0.6) is 11.5 Å². The normalized spacial score (nSPS) is 34.8. The van der Waals surface area contributed by atoms with Gasteiger partial charge in [-0.1, -0.05) is 19.4 Å². The van der Waals surface area contributed by atoms with E-state index < -0.39 is 18.4 Å². The first-order valence-electron chi connectivity index (χ1n) is 10.6. The van der Waals surface area contributed by atoms with Crippen LogP contribution in [0.1, 0.15) is 45.5 Å². The monoisotopic (exact) mass is 424 g/mol. The minimum Gasteiger partial charge on any atom is -0.493 e. The van der Waals surface area contributed by atoms with Crippen LogP contribution in [0.3, 0.4) is 0 Å². The fourth-order valence-electron chi connectivity index (χ4n) is 4.12. The minimum atomic E-state index is -0.693. The standard InChI is InChI=1S/C22H32O8/c1-6-7-10-25-18-17(28-21-19(18)29-22(2,3)30-21)16-12-26-20(27-16)13-8-9-14(23-4)15(11-13)24-5/h8-9,11,16-21H,6-7,10,12H2,1-5H3/t16?,17-,18+,19-,20?,21-/m1/s1. The first-order valence-corrected chi connectivity index (χ1v) is 10.6. The summed E-state index contributed by atoms with van der Waals surface area (Å²) in [4.78, 5) is 0. The number of methoxy groups -OCH3 is 2. The lowest BCUT2D eigenvalue weighted by Crippen LogP contribution is -2.43. The maximum absolute atomic E-state index is 6.22. The van der Waals surface area contributed by atoms with Crippen molar-refractivity contribution in [3.05, 3.63) is 23.8 Å².